The van der Waals surface area contributed by atoms with E-state index in [-0.39, 0.29) is 11.4 Å². The molecule has 2 aromatic rings. The van der Waals surface area contributed by atoms with Gasteiger partial charge in [0.15, 0.2) is 11.5 Å². The molecule has 0 unspecified atom stereocenters. The van der Waals surface area contributed by atoms with E-state index < -0.39 is 4.92 Å². The average Bonchev–Trinajstić information content (AvgIpc) is 2.48. The number of nitrogens with two attached hydrogens (primary N) is 1. The van der Waals surface area contributed by atoms with Gasteiger partial charge in [0.05, 0.1) is 18.1 Å². The molecule has 2 N–H and O–H groups in total. The van der Waals surface area contributed by atoms with Crippen LogP contribution in [0.2, 0.25) is 0 Å². The predicted molar refractivity (Wildman–Crippen MR) is 71.9 cm³/mol. The van der Waals surface area contributed by atoms with Crippen LogP contribution in [0.3, 0.4) is 0 Å². The van der Waals surface area contributed by atoms with E-state index in [1.54, 1.807) is 18.3 Å². The van der Waals surface area contributed by atoms with Gasteiger partial charge in [0.2, 0.25) is 5.88 Å². The van der Waals surface area contributed by atoms with Gasteiger partial charge in [-0.05, 0) is 11.6 Å². The van der Waals surface area contributed by atoms with Gasteiger partial charge in [-0.1, -0.05) is 6.07 Å². The summed E-state index contributed by atoms with van der Waals surface area (Å²) in [6.45, 7) is 0.382. The third-order valence-electron chi connectivity index (χ3n) is 2.61. The van der Waals surface area contributed by atoms with Crippen molar-refractivity contribution in [3.8, 4) is 17.4 Å². The Hall–Kier alpha value is -2.67. The molecule has 1 aromatic carbocycles. The number of nitro groups is 1. The first kappa shape index (κ1) is 13.8. The zero-order valence-electron chi connectivity index (χ0n) is 10.8. The fourth-order valence-electron chi connectivity index (χ4n) is 1.56. The lowest BCUT2D eigenvalue weighted by Crippen LogP contribution is -1.98. The number of hydrogen-bond acceptors (Lipinski definition) is 6. The molecule has 0 aliphatic heterocycles. The first-order valence-electron chi connectivity index (χ1n) is 5.79. The van der Waals surface area contributed by atoms with Gasteiger partial charge in [0, 0.05) is 24.9 Å². The molecular weight excluding hydrogens is 262 g/mol. The number of non-ortho nitro benzene ring substituents is 1. The number of nitrogens with zero attached hydrogens (tertiary/aromatic N) is 2. The zero-order chi connectivity index (χ0) is 14.5. The van der Waals surface area contributed by atoms with Gasteiger partial charge in [-0.3, -0.25) is 10.1 Å². The van der Waals surface area contributed by atoms with Crippen molar-refractivity contribution in [3.63, 3.8) is 0 Å². The minimum absolute atomic E-state index is 0.0839. The van der Waals surface area contributed by atoms with Gasteiger partial charge in [-0.2, -0.15) is 0 Å². The van der Waals surface area contributed by atoms with E-state index >= 15 is 0 Å². The molecule has 7 heteroatoms. The molecule has 0 aliphatic rings. The van der Waals surface area contributed by atoms with Gasteiger partial charge in [-0.25, -0.2) is 4.98 Å². The lowest BCUT2D eigenvalue weighted by Gasteiger charge is -2.09. The van der Waals surface area contributed by atoms with Crippen molar-refractivity contribution in [2.24, 2.45) is 5.73 Å². The molecule has 0 aliphatic carbocycles. The Balaban J connectivity index is 2.30. The van der Waals surface area contributed by atoms with E-state index in [0.717, 1.165) is 5.56 Å². The SMILES string of the molecule is COc1ccc([N+](=O)[O-])cc1Oc1ccc(CN)cn1. The smallest absolute Gasteiger partial charge is 0.273 e. The molecule has 0 fully saturated rings. The summed E-state index contributed by atoms with van der Waals surface area (Å²) in [4.78, 5) is 14.3. The molecule has 0 amide bonds. The molecule has 0 radical (unpaired) electrons. The molecule has 2 rings (SSSR count). The van der Waals surface area contributed by atoms with Crippen LogP contribution in [0.1, 0.15) is 5.56 Å². The Morgan fingerprint density at radius 1 is 1.30 bits per heavy atom. The van der Waals surface area contributed by atoms with Crippen LogP contribution in [0.5, 0.6) is 17.4 Å². The first-order valence-corrected chi connectivity index (χ1v) is 5.79. The van der Waals surface area contributed by atoms with Crippen LogP contribution in [0.25, 0.3) is 0 Å². The van der Waals surface area contributed by atoms with Crippen LogP contribution >= 0.6 is 0 Å². The van der Waals surface area contributed by atoms with Crippen molar-refractivity contribution in [1.29, 1.82) is 0 Å². The molecule has 0 saturated carbocycles. The Morgan fingerprint density at radius 2 is 2.10 bits per heavy atom. The summed E-state index contributed by atoms with van der Waals surface area (Å²) in [6.07, 6.45) is 1.58. The summed E-state index contributed by atoms with van der Waals surface area (Å²) < 4.78 is 10.6. The van der Waals surface area contributed by atoms with E-state index in [1.165, 1.54) is 25.3 Å². The molecule has 0 atom stereocenters. The van der Waals surface area contributed by atoms with Gasteiger partial charge in [-0.15, -0.1) is 0 Å². The topological polar surface area (TPSA) is 101 Å². The maximum absolute atomic E-state index is 10.8. The number of pyridine rings is 1. The Labute approximate surface area is 115 Å². The van der Waals surface area contributed by atoms with E-state index in [2.05, 4.69) is 4.98 Å². The molecule has 20 heavy (non-hydrogen) atoms. The summed E-state index contributed by atoms with van der Waals surface area (Å²) in [5.74, 6) is 0.927. The number of rotatable bonds is 5. The Morgan fingerprint density at radius 3 is 2.65 bits per heavy atom. The summed E-state index contributed by atoms with van der Waals surface area (Å²) in [5, 5.41) is 10.8. The molecular formula is C13H13N3O4. The van der Waals surface area contributed by atoms with Crippen LogP contribution < -0.4 is 15.2 Å². The molecule has 0 saturated heterocycles. The van der Waals surface area contributed by atoms with Gasteiger partial charge in [0.25, 0.3) is 5.69 Å². The van der Waals surface area contributed by atoms with Crippen molar-refractivity contribution >= 4 is 5.69 Å². The fraction of sp³-hybridized carbons (Fsp3) is 0.154. The largest absolute Gasteiger partial charge is 0.493 e. The quantitative estimate of drug-likeness (QED) is 0.663. The van der Waals surface area contributed by atoms with E-state index in [9.17, 15) is 10.1 Å². The van der Waals surface area contributed by atoms with Gasteiger partial charge >= 0.3 is 0 Å². The average molecular weight is 275 g/mol. The molecule has 1 heterocycles. The minimum atomic E-state index is -0.503. The second-order valence-electron chi connectivity index (χ2n) is 3.90. The third kappa shape index (κ3) is 3.01. The number of hydrogen-bond donors (Lipinski definition) is 1. The van der Waals surface area contributed by atoms with Crippen molar-refractivity contribution in [2.75, 3.05) is 7.11 Å². The maximum atomic E-state index is 10.8. The lowest BCUT2D eigenvalue weighted by atomic mass is 10.2. The lowest BCUT2D eigenvalue weighted by molar-refractivity contribution is -0.384. The summed E-state index contributed by atoms with van der Waals surface area (Å²) >= 11 is 0. The van der Waals surface area contributed by atoms with E-state index in [1.807, 2.05) is 0 Å². The first-order chi connectivity index (χ1) is 9.63. The van der Waals surface area contributed by atoms with E-state index in [0.29, 0.717) is 18.2 Å². The molecule has 104 valence electrons. The van der Waals surface area contributed by atoms with Crippen LogP contribution in [0, 0.1) is 10.1 Å². The molecule has 1 aromatic heterocycles. The van der Waals surface area contributed by atoms with Gasteiger partial charge in [0.1, 0.15) is 0 Å². The van der Waals surface area contributed by atoms with Crippen molar-refractivity contribution in [2.45, 2.75) is 6.54 Å². The molecule has 0 bridgehead atoms. The highest BCUT2D eigenvalue weighted by molar-refractivity contribution is 5.49. The summed E-state index contributed by atoms with van der Waals surface area (Å²) in [5.41, 5.74) is 6.26. The van der Waals surface area contributed by atoms with Crippen molar-refractivity contribution in [1.82, 2.24) is 4.98 Å². The predicted octanol–water partition coefficient (Wildman–Crippen LogP) is 2.25. The maximum Gasteiger partial charge on any atom is 0.273 e. The number of aromatic nitrogens is 1. The van der Waals surface area contributed by atoms with E-state index in [4.69, 9.17) is 15.2 Å². The molecule has 7 nitrogen and oxygen atoms in total. The van der Waals surface area contributed by atoms with Crippen molar-refractivity contribution in [3.05, 3.63) is 52.2 Å². The molecule has 0 spiro atoms. The highest BCUT2D eigenvalue weighted by Crippen LogP contribution is 2.33. The van der Waals surface area contributed by atoms with Crippen LogP contribution in [-0.2, 0) is 6.54 Å². The number of methoxy groups -OCH3 is 1. The van der Waals surface area contributed by atoms with Gasteiger partial charge < -0.3 is 15.2 Å². The second kappa shape index (κ2) is 5.98. The highest BCUT2D eigenvalue weighted by Gasteiger charge is 2.13. The van der Waals surface area contributed by atoms with Crippen molar-refractivity contribution < 1.29 is 14.4 Å². The third-order valence-corrected chi connectivity index (χ3v) is 2.61. The minimum Gasteiger partial charge on any atom is -0.493 e. The zero-order valence-corrected chi connectivity index (χ0v) is 10.8. The van der Waals surface area contributed by atoms with Crippen LogP contribution in [-0.4, -0.2) is 17.0 Å². The second-order valence-corrected chi connectivity index (χ2v) is 3.90. The summed E-state index contributed by atoms with van der Waals surface area (Å²) in [7, 11) is 1.46. The normalized spacial score (nSPS) is 10.1. The Kier molecular flexibility index (Phi) is 4.11. The standard InChI is InChI=1S/C13H13N3O4/c1-19-11-4-3-10(16(17)18)6-12(11)20-13-5-2-9(7-14)8-15-13/h2-6,8H,7,14H2,1H3. The van der Waals surface area contributed by atoms with Crippen LogP contribution in [0.4, 0.5) is 5.69 Å². The van der Waals surface area contributed by atoms with Crippen LogP contribution in [0.15, 0.2) is 36.5 Å². The Bertz CT molecular complexity index is 614. The monoisotopic (exact) mass is 275 g/mol. The fourth-order valence-corrected chi connectivity index (χ4v) is 1.56. The highest BCUT2D eigenvalue weighted by atomic mass is 16.6. The summed E-state index contributed by atoms with van der Waals surface area (Å²) in [6, 6.07) is 7.52. The number of ether oxygens (including phenoxy) is 2. The number of benzene rings is 1. The number of nitro benzene ring substituents is 1.